The van der Waals surface area contributed by atoms with Crippen LogP contribution in [-0.4, -0.2) is 45.4 Å². The Bertz CT molecular complexity index is 1420. The lowest BCUT2D eigenvalue weighted by Crippen LogP contribution is -2.37. The fourth-order valence-electron chi connectivity index (χ4n) is 4.54. The van der Waals surface area contributed by atoms with Gasteiger partial charge in [-0.05, 0) is 43.5 Å². The summed E-state index contributed by atoms with van der Waals surface area (Å²) in [6.45, 7) is 1.39. The summed E-state index contributed by atoms with van der Waals surface area (Å²) in [7, 11) is 3.37. The third-order valence-corrected chi connectivity index (χ3v) is 6.46. The third kappa shape index (κ3) is 3.15. The lowest BCUT2D eigenvalue weighted by Gasteiger charge is -2.26. The van der Waals surface area contributed by atoms with Crippen molar-refractivity contribution < 1.29 is 9.53 Å². The Morgan fingerprint density at radius 2 is 1.84 bits per heavy atom. The van der Waals surface area contributed by atoms with Crippen molar-refractivity contribution in [1.82, 2.24) is 19.2 Å². The highest BCUT2D eigenvalue weighted by Crippen LogP contribution is 2.31. The van der Waals surface area contributed by atoms with Crippen molar-refractivity contribution in [2.75, 3.05) is 20.2 Å². The fourth-order valence-corrected chi connectivity index (χ4v) is 4.79. The number of aryl methyl sites for hydroxylation is 1. The maximum atomic E-state index is 13.6. The average molecular weight is 451 g/mol. The second kappa shape index (κ2) is 7.98. The van der Waals surface area contributed by atoms with Crippen LogP contribution in [-0.2, 0) is 7.05 Å². The van der Waals surface area contributed by atoms with E-state index in [1.165, 1.54) is 11.8 Å². The van der Waals surface area contributed by atoms with Gasteiger partial charge in [0.15, 0.2) is 5.69 Å². The van der Waals surface area contributed by atoms with Gasteiger partial charge in [0.2, 0.25) is 0 Å². The molecule has 1 aliphatic rings. The fraction of sp³-hybridized carbons (Fsp3) is 0.292. The first-order valence-corrected chi connectivity index (χ1v) is 11.0. The van der Waals surface area contributed by atoms with Crippen LogP contribution in [0, 0.1) is 0 Å². The average Bonchev–Trinajstić information content (AvgIpc) is 3.13. The van der Waals surface area contributed by atoms with Crippen LogP contribution in [0.4, 0.5) is 0 Å². The summed E-state index contributed by atoms with van der Waals surface area (Å²) in [6.07, 6.45) is 3.06. The van der Waals surface area contributed by atoms with Gasteiger partial charge in [0.05, 0.1) is 17.8 Å². The van der Waals surface area contributed by atoms with Crippen molar-refractivity contribution in [3.63, 3.8) is 0 Å². The van der Waals surface area contributed by atoms with Gasteiger partial charge in [0.25, 0.3) is 11.5 Å². The SMILES string of the molecule is COc1ccc(-n2nc(C(=O)N3CCCCC3)c3c4ccccc4n(C)c3c2=O)cc1Cl. The molecule has 0 bridgehead atoms. The molecule has 2 aromatic heterocycles. The van der Waals surface area contributed by atoms with Gasteiger partial charge >= 0.3 is 0 Å². The molecule has 4 aromatic rings. The minimum Gasteiger partial charge on any atom is -0.495 e. The molecule has 0 atom stereocenters. The number of ether oxygens (including phenoxy) is 1. The van der Waals surface area contributed by atoms with Crippen LogP contribution in [0.1, 0.15) is 29.8 Å². The van der Waals surface area contributed by atoms with E-state index in [1.54, 1.807) is 18.2 Å². The number of hydrogen-bond donors (Lipinski definition) is 0. The zero-order valence-electron chi connectivity index (χ0n) is 18.0. The normalized spacial score (nSPS) is 14.3. The van der Waals surface area contributed by atoms with Gasteiger partial charge in [-0.3, -0.25) is 9.59 Å². The van der Waals surface area contributed by atoms with Crippen molar-refractivity contribution in [3.8, 4) is 11.4 Å². The summed E-state index contributed by atoms with van der Waals surface area (Å²) < 4.78 is 8.34. The first kappa shape index (κ1) is 20.6. The van der Waals surface area contributed by atoms with E-state index in [-0.39, 0.29) is 17.2 Å². The van der Waals surface area contributed by atoms with Crippen molar-refractivity contribution in [2.24, 2.45) is 7.05 Å². The van der Waals surface area contributed by atoms with Gasteiger partial charge in [-0.1, -0.05) is 29.8 Å². The van der Waals surface area contributed by atoms with Crippen LogP contribution in [0.15, 0.2) is 47.3 Å². The molecule has 32 heavy (non-hydrogen) atoms. The van der Waals surface area contributed by atoms with Gasteiger partial charge in [-0.25, -0.2) is 0 Å². The molecule has 164 valence electrons. The van der Waals surface area contributed by atoms with E-state index in [0.29, 0.717) is 40.5 Å². The maximum absolute atomic E-state index is 13.6. The van der Waals surface area contributed by atoms with Gasteiger partial charge in [-0.2, -0.15) is 9.78 Å². The monoisotopic (exact) mass is 450 g/mol. The smallest absolute Gasteiger partial charge is 0.296 e. The van der Waals surface area contributed by atoms with E-state index in [0.717, 1.165) is 30.2 Å². The van der Waals surface area contributed by atoms with Gasteiger partial charge < -0.3 is 14.2 Å². The number of nitrogens with zero attached hydrogens (tertiary/aromatic N) is 4. The molecule has 0 spiro atoms. The largest absolute Gasteiger partial charge is 0.495 e. The predicted molar refractivity (Wildman–Crippen MR) is 125 cm³/mol. The highest BCUT2D eigenvalue weighted by molar-refractivity contribution is 6.32. The van der Waals surface area contributed by atoms with E-state index in [1.807, 2.05) is 40.8 Å². The molecule has 2 aromatic carbocycles. The molecule has 7 nitrogen and oxygen atoms in total. The summed E-state index contributed by atoms with van der Waals surface area (Å²) >= 11 is 6.32. The summed E-state index contributed by atoms with van der Waals surface area (Å²) in [5, 5.41) is 6.41. The molecule has 3 heterocycles. The molecule has 8 heteroatoms. The second-order valence-electron chi connectivity index (χ2n) is 8.04. The number of rotatable bonds is 3. The summed E-state index contributed by atoms with van der Waals surface area (Å²) in [4.78, 5) is 29.1. The van der Waals surface area contributed by atoms with Crippen LogP contribution in [0.5, 0.6) is 5.75 Å². The van der Waals surface area contributed by atoms with E-state index >= 15 is 0 Å². The summed E-state index contributed by atoms with van der Waals surface area (Å²) in [5.74, 6) is 0.346. The highest BCUT2D eigenvalue weighted by Gasteiger charge is 2.27. The molecule has 5 rings (SSSR count). The number of hydrogen-bond acceptors (Lipinski definition) is 4. The molecule has 0 N–H and O–H groups in total. The van der Waals surface area contributed by atoms with Gasteiger partial charge in [0, 0.05) is 36.4 Å². The number of para-hydroxylation sites is 1. The number of carbonyl (C=O) groups is 1. The van der Waals surface area contributed by atoms with E-state index in [2.05, 4.69) is 5.10 Å². The Morgan fingerprint density at radius 1 is 1.09 bits per heavy atom. The highest BCUT2D eigenvalue weighted by atomic mass is 35.5. The number of aromatic nitrogens is 3. The molecule has 1 amide bonds. The molecule has 1 fully saturated rings. The topological polar surface area (TPSA) is 69.4 Å². The number of carbonyl (C=O) groups excluding carboxylic acids is 1. The summed E-state index contributed by atoms with van der Waals surface area (Å²) in [6, 6.07) is 12.7. The Balaban J connectivity index is 1.83. The zero-order chi connectivity index (χ0) is 22.4. The molecule has 0 saturated carbocycles. The van der Waals surface area contributed by atoms with Gasteiger partial charge in [-0.15, -0.1) is 0 Å². The Labute approximate surface area is 189 Å². The number of methoxy groups -OCH3 is 1. The number of benzene rings is 2. The Morgan fingerprint density at radius 3 is 2.56 bits per heavy atom. The van der Waals surface area contributed by atoms with E-state index in [9.17, 15) is 9.59 Å². The van der Waals surface area contributed by atoms with E-state index in [4.69, 9.17) is 16.3 Å². The maximum Gasteiger partial charge on any atom is 0.296 e. The van der Waals surface area contributed by atoms with Crippen LogP contribution < -0.4 is 10.3 Å². The van der Waals surface area contributed by atoms with Crippen LogP contribution in [0.25, 0.3) is 27.5 Å². The Hall–Kier alpha value is -3.32. The van der Waals surface area contributed by atoms with Crippen LogP contribution >= 0.6 is 11.6 Å². The first-order chi connectivity index (χ1) is 15.5. The number of likely N-dealkylation sites (tertiary alicyclic amines) is 1. The standard InChI is InChI=1S/C24H23ClN4O3/c1-27-18-9-5-4-8-16(18)20-21(23(30)28-12-6-3-7-13-28)26-29(24(31)22(20)27)15-10-11-19(32-2)17(25)14-15/h4-5,8-11,14H,3,6-7,12-13H2,1-2H3. The number of amides is 1. The lowest BCUT2D eigenvalue weighted by atomic mass is 10.1. The quantitative estimate of drug-likeness (QED) is 0.470. The predicted octanol–water partition coefficient (Wildman–Crippen LogP) is 4.17. The van der Waals surface area contributed by atoms with Crippen molar-refractivity contribution >= 4 is 39.3 Å². The van der Waals surface area contributed by atoms with Crippen molar-refractivity contribution in [1.29, 1.82) is 0 Å². The van der Waals surface area contributed by atoms with Crippen LogP contribution in [0.2, 0.25) is 5.02 Å². The van der Waals surface area contributed by atoms with E-state index < -0.39 is 0 Å². The van der Waals surface area contributed by atoms with Crippen molar-refractivity contribution in [2.45, 2.75) is 19.3 Å². The molecular formula is C24H23ClN4O3. The number of fused-ring (bicyclic) bond motifs is 3. The van der Waals surface area contributed by atoms with Crippen LogP contribution in [0.3, 0.4) is 0 Å². The molecule has 1 saturated heterocycles. The first-order valence-electron chi connectivity index (χ1n) is 10.6. The lowest BCUT2D eigenvalue weighted by molar-refractivity contribution is 0.0718. The van der Waals surface area contributed by atoms with Crippen molar-refractivity contribution in [3.05, 3.63) is 63.5 Å². The number of halogens is 1. The molecule has 0 unspecified atom stereocenters. The third-order valence-electron chi connectivity index (χ3n) is 6.16. The molecule has 0 aliphatic carbocycles. The zero-order valence-corrected chi connectivity index (χ0v) is 18.7. The molecule has 0 radical (unpaired) electrons. The summed E-state index contributed by atoms with van der Waals surface area (Å²) in [5.41, 5.74) is 1.76. The molecule has 1 aliphatic heterocycles. The minimum atomic E-state index is -0.310. The number of piperidine rings is 1. The molecular weight excluding hydrogens is 428 g/mol. The Kier molecular flexibility index (Phi) is 5.13. The second-order valence-corrected chi connectivity index (χ2v) is 8.44. The minimum absolute atomic E-state index is 0.153. The van der Waals surface area contributed by atoms with Gasteiger partial charge in [0.1, 0.15) is 11.3 Å².